The SMILES string of the molecule is CCN(C(=O)C[NH+]1CCN(S(=O)(=O)Cc2ccccc2)CC1)c1ccc(F)cc1. The molecule has 0 unspecified atom stereocenters. The Morgan fingerprint density at radius 2 is 1.69 bits per heavy atom. The molecule has 3 rings (SSSR count). The summed E-state index contributed by atoms with van der Waals surface area (Å²) in [6.07, 6.45) is 0. The normalized spacial score (nSPS) is 15.9. The van der Waals surface area contributed by atoms with E-state index in [1.807, 2.05) is 37.3 Å². The second-order valence-electron chi connectivity index (χ2n) is 7.18. The topological polar surface area (TPSA) is 62.1 Å². The summed E-state index contributed by atoms with van der Waals surface area (Å²) in [6, 6.07) is 15.0. The molecular formula is C21H27FN3O3S+. The lowest BCUT2D eigenvalue weighted by Crippen LogP contribution is -3.15. The quantitative estimate of drug-likeness (QED) is 0.724. The van der Waals surface area contributed by atoms with Gasteiger partial charge in [-0.25, -0.2) is 12.8 Å². The van der Waals surface area contributed by atoms with Crippen LogP contribution in [0.15, 0.2) is 54.6 Å². The third-order valence-electron chi connectivity index (χ3n) is 5.17. The van der Waals surface area contributed by atoms with Gasteiger partial charge in [-0.3, -0.25) is 4.79 Å². The Labute approximate surface area is 171 Å². The smallest absolute Gasteiger partial charge is 0.282 e. The van der Waals surface area contributed by atoms with Crippen molar-refractivity contribution in [3.8, 4) is 0 Å². The van der Waals surface area contributed by atoms with E-state index in [1.165, 1.54) is 16.4 Å². The zero-order chi connectivity index (χ0) is 20.9. The third-order valence-corrected chi connectivity index (χ3v) is 7.02. The number of piperazine rings is 1. The molecule has 1 N–H and O–H groups in total. The predicted molar refractivity (Wildman–Crippen MR) is 111 cm³/mol. The van der Waals surface area contributed by atoms with Crippen LogP contribution in [0.25, 0.3) is 0 Å². The lowest BCUT2D eigenvalue weighted by molar-refractivity contribution is -0.895. The Bertz CT molecular complexity index is 912. The van der Waals surface area contributed by atoms with Crippen LogP contribution in [0, 0.1) is 5.82 Å². The first kappa shape index (κ1) is 21.4. The summed E-state index contributed by atoms with van der Waals surface area (Å²) in [5, 5.41) is 0. The molecular weight excluding hydrogens is 393 g/mol. The summed E-state index contributed by atoms with van der Waals surface area (Å²) >= 11 is 0. The molecule has 1 fully saturated rings. The molecule has 0 aromatic heterocycles. The molecule has 0 spiro atoms. The van der Waals surface area contributed by atoms with E-state index in [1.54, 1.807) is 17.0 Å². The van der Waals surface area contributed by atoms with Crippen LogP contribution in [0.4, 0.5) is 10.1 Å². The summed E-state index contributed by atoms with van der Waals surface area (Å²) in [7, 11) is -3.37. The van der Waals surface area contributed by atoms with Crippen LogP contribution in [0.5, 0.6) is 0 Å². The van der Waals surface area contributed by atoms with Gasteiger partial charge in [0.15, 0.2) is 6.54 Å². The largest absolute Gasteiger partial charge is 0.325 e. The van der Waals surface area contributed by atoms with E-state index in [0.717, 1.165) is 10.5 Å². The number of likely N-dealkylation sites (N-methyl/N-ethyl adjacent to an activating group) is 1. The van der Waals surface area contributed by atoms with E-state index in [9.17, 15) is 17.6 Å². The summed E-state index contributed by atoms with van der Waals surface area (Å²) in [5.74, 6) is -0.388. The van der Waals surface area contributed by atoms with Gasteiger partial charge in [0.25, 0.3) is 5.91 Å². The number of rotatable bonds is 7. The minimum Gasteiger partial charge on any atom is -0.325 e. The summed E-state index contributed by atoms with van der Waals surface area (Å²) < 4.78 is 40.0. The molecule has 1 heterocycles. The van der Waals surface area contributed by atoms with Crippen LogP contribution in [-0.2, 0) is 20.6 Å². The second kappa shape index (κ2) is 9.47. The monoisotopic (exact) mass is 420 g/mol. The van der Waals surface area contributed by atoms with Gasteiger partial charge in [0, 0.05) is 12.2 Å². The maximum atomic E-state index is 13.1. The molecule has 0 atom stereocenters. The van der Waals surface area contributed by atoms with Crippen molar-refractivity contribution in [3.05, 3.63) is 66.0 Å². The van der Waals surface area contributed by atoms with Crippen LogP contribution in [0.3, 0.4) is 0 Å². The average Bonchev–Trinajstić information content (AvgIpc) is 2.71. The molecule has 1 amide bonds. The van der Waals surface area contributed by atoms with Crippen LogP contribution >= 0.6 is 0 Å². The number of halogens is 1. The number of nitrogens with zero attached hydrogens (tertiary/aromatic N) is 2. The number of quaternary nitrogens is 1. The second-order valence-corrected chi connectivity index (χ2v) is 9.15. The van der Waals surface area contributed by atoms with Crippen LogP contribution < -0.4 is 9.80 Å². The van der Waals surface area contributed by atoms with Crippen LogP contribution in [-0.4, -0.2) is 57.9 Å². The highest BCUT2D eigenvalue weighted by Crippen LogP contribution is 2.15. The van der Waals surface area contributed by atoms with E-state index in [2.05, 4.69) is 0 Å². The molecule has 29 heavy (non-hydrogen) atoms. The van der Waals surface area contributed by atoms with E-state index in [0.29, 0.717) is 38.4 Å². The molecule has 0 aliphatic carbocycles. The summed E-state index contributed by atoms with van der Waals surface area (Å²) in [4.78, 5) is 15.4. The first-order valence-corrected chi connectivity index (χ1v) is 11.4. The van der Waals surface area contributed by atoms with Gasteiger partial charge in [-0.05, 0) is 36.8 Å². The number of amides is 1. The lowest BCUT2D eigenvalue weighted by Gasteiger charge is -2.32. The van der Waals surface area contributed by atoms with Crippen molar-refractivity contribution >= 4 is 21.6 Å². The fraction of sp³-hybridized carbons (Fsp3) is 0.381. The molecule has 2 aromatic carbocycles. The Kier molecular flexibility index (Phi) is 7.00. The number of hydrogen-bond donors (Lipinski definition) is 1. The number of nitrogens with one attached hydrogen (secondary N) is 1. The molecule has 1 aliphatic heterocycles. The van der Waals surface area contributed by atoms with Gasteiger partial charge in [0.2, 0.25) is 10.0 Å². The van der Waals surface area contributed by atoms with Crippen molar-refractivity contribution in [2.45, 2.75) is 12.7 Å². The Hall–Kier alpha value is -2.29. The zero-order valence-corrected chi connectivity index (χ0v) is 17.4. The van der Waals surface area contributed by atoms with Crippen molar-refractivity contribution in [2.75, 3.05) is 44.2 Å². The molecule has 156 valence electrons. The van der Waals surface area contributed by atoms with Crippen molar-refractivity contribution in [1.82, 2.24) is 4.31 Å². The number of hydrogen-bond acceptors (Lipinski definition) is 3. The van der Waals surface area contributed by atoms with Gasteiger partial charge in [-0.2, -0.15) is 4.31 Å². The Morgan fingerprint density at radius 3 is 2.28 bits per heavy atom. The summed E-state index contributed by atoms with van der Waals surface area (Å²) in [6.45, 7) is 4.64. The van der Waals surface area contributed by atoms with Gasteiger partial charge in [-0.1, -0.05) is 30.3 Å². The van der Waals surface area contributed by atoms with Crippen molar-refractivity contribution in [1.29, 1.82) is 0 Å². The van der Waals surface area contributed by atoms with Gasteiger partial charge in [0.1, 0.15) is 5.82 Å². The fourth-order valence-corrected chi connectivity index (χ4v) is 5.10. The number of benzene rings is 2. The van der Waals surface area contributed by atoms with E-state index in [-0.39, 0.29) is 24.0 Å². The number of carbonyl (C=O) groups is 1. The number of anilines is 1. The van der Waals surface area contributed by atoms with E-state index >= 15 is 0 Å². The minimum atomic E-state index is -3.37. The Morgan fingerprint density at radius 1 is 1.07 bits per heavy atom. The highest BCUT2D eigenvalue weighted by molar-refractivity contribution is 7.88. The first-order chi connectivity index (χ1) is 13.9. The molecule has 0 saturated carbocycles. The highest BCUT2D eigenvalue weighted by Gasteiger charge is 2.31. The average molecular weight is 421 g/mol. The molecule has 1 saturated heterocycles. The van der Waals surface area contributed by atoms with Crippen molar-refractivity contribution in [2.24, 2.45) is 0 Å². The molecule has 8 heteroatoms. The van der Waals surface area contributed by atoms with Gasteiger partial charge < -0.3 is 9.80 Å². The van der Waals surface area contributed by atoms with Crippen molar-refractivity contribution < 1.29 is 22.5 Å². The molecule has 2 aromatic rings. The van der Waals surface area contributed by atoms with Gasteiger partial charge in [0.05, 0.1) is 31.9 Å². The van der Waals surface area contributed by atoms with Crippen LogP contribution in [0.1, 0.15) is 12.5 Å². The minimum absolute atomic E-state index is 0.00369. The van der Waals surface area contributed by atoms with Gasteiger partial charge >= 0.3 is 0 Å². The standard InChI is InChI=1S/C21H26FN3O3S/c1-2-25(20-10-8-19(22)9-11-20)21(26)16-23-12-14-24(15-13-23)29(27,28)17-18-6-4-3-5-7-18/h3-11H,2,12-17H2,1H3/p+1. The van der Waals surface area contributed by atoms with E-state index < -0.39 is 10.0 Å². The van der Waals surface area contributed by atoms with Crippen molar-refractivity contribution in [3.63, 3.8) is 0 Å². The molecule has 1 aliphatic rings. The molecule has 0 bridgehead atoms. The van der Waals surface area contributed by atoms with Gasteiger partial charge in [-0.15, -0.1) is 0 Å². The highest BCUT2D eigenvalue weighted by atomic mass is 32.2. The van der Waals surface area contributed by atoms with E-state index in [4.69, 9.17) is 0 Å². The fourth-order valence-electron chi connectivity index (χ4n) is 3.57. The lowest BCUT2D eigenvalue weighted by atomic mass is 10.2. The number of carbonyl (C=O) groups excluding carboxylic acids is 1. The zero-order valence-electron chi connectivity index (χ0n) is 16.6. The third kappa shape index (κ3) is 5.62. The van der Waals surface area contributed by atoms with Crippen LogP contribution in [0.2, 0.25) is 0 Å². The first-order valence-electron chi connectivity index (χ1n) is 9.80. The molecule has 0 radical (unpaired) electrons. The molecule has 6 nitrogen and oxygen atoms in total. The number of sulfonamides is 1. The maximum absolute atomic E-state index is 13.1. The Balaban J connectivity index is 1.55. The predicted octanol–water partition coefficient (Wildman–Crippen LogP) is 0.909. The summed E-state index contributed by atoms with van der Waals surface area (Å²) in [5.41, 5.74) is 1.44. The maximum Gasteiger partial charge on any atom is 0.282 e.